The molecule has 0 radical (unpaired) electrons. The molecule has 0 atom stereocenters. The van der Waals surface area contributed by atoms with Gasteiger partial charge in [-0.25, -0.2) is 0 Å². The molecule has 1 aromatic carbocycles. The Labute approximate surface area is 100 Å². The Morgan fingerprint density at radius 3 is 2.82 bits per heavy atom. The smallest absolute Gasteiger partial charge is 0.134 e. The van der Waals surface area contributed by atoms with Gasteiger partial charge in [-0.3, -0.25) is 4.98 Å². The number of hydrogen-bond donors (Lipinski definition) is 1. The van der Waals surface area contributed by atoms with Gasteiger partial charge in [0, 0.05) is 30.6 Å². The van der Waals surface area contributed by atoms with Crippen molar-refractivity contribution in [3.05, 3.63) is 48.3 Å². The molecule has 0 amide bonds. The molecule has 2 rings (SSSR count). The van der Waals surface area contributed by atoms with Gasteiger partial charge in [0.05, 0.1) is 7.11 Å². The van der Waals surface area contributed by atoms with Crippen molar-refractivity contribution in [3.63, 3.8) is 0 Å². The fourth-order valence-electron chi connectivity index (χ4n) is 1.46. The molecule has 2 aromatic rings. The largest absolute Gasteiger partial charge is 0.497 e. The van der Waals surface area contributed by atoms with Crippen molar-refractivity contribution in [1.29, 1.82) is 0 Å². The van der Waals surface area contributed by atoms with Crippen LogP contribution < -0.4 is 15.2 Å². The van der Waals surface area contributed by atoms with Crippen molar-refractivity contribution >= 4 is 0 Å². The van der Waals surface area contributed by atoms with Gasteiger partial charge in [0.25, 0.3) is 0 Å². The summed E-state index contributed by atoms with van der Waals surface area (Å²) in [5.41, 5.74) is 6.49. The zero-order valence-electron chi connectivity index (χ0n) is 9.59. The zero-order chi connectivity index (χ0) is 12.1. The van der Waals surface area contributed by atoms with E-state index in [1.54, 1.807) is 25.6 Å². The fourth-order valence-corrected chi connectivity index (χ4v) is 1.46. The number of nitrogens with two attached hydrogens (primary N) is 1. The lowest BCUT2D eigenvalue weighted by molar-refractivity contribution is 0.408. The Hall–Kier alpha value is -2.07. The molecule has 0 unspecified atom stereocenters. The maximum Gasteiger partial charge on any atom is 0.134 e. The highest BCUT2D eigenvalue weighted by Gasteiger charge is 2.04. The fraction of sp³-hybridized carbons (Fsp3) is 0.154. The number of methoxy groups -OCH3 is 1. The van der Waals surface area contributed by atoms with E-state index in [2.05, 4.69) is 4.98 Å². The molecule has 0 saturated carbocycles. The van der Waals surface area contributed by atoms with Gasteiger partial charge in [-0.05, 0) is 18.2 Å². The van der Waals surface area contributed by atoms with Crippen LogP contribution in [0, 0.1) is 0 Å². The van der Waals surface area contributed by atoms with Crippen molar-refractivity contribution in [1.82, 2.24) is 4.98 Å². The summed E-state index contributed by atoms with van der Waals surface area (Å²) in [7, 11) is 1.62. The highest BCUT2D eigenvalue weighted by atomic mass is 16.5. The molecule has 0 saturated heterocycles. The third-order valence-electron chi connectivity index (χ3n) is 2.35. The third-order valence-corrected chi connectivity index (χ3v) is 2.35. The Morgan fingerprint density at radius 2 is 2.06 bits per heavy atom. The van der Waals surface area contributed by atoms with E-state index < -0.39 is 0 Å². The number of aromatic nitrogens is 1. The number of ether oxygens (including phenoxy) is 2. The van der Waals surface area contributed by atoms with E-state index >= 15 is 0 Å². The van der Waals surface area contributed by atoms with Crippen LogP contribution in [0.25, 0.3) is 0 Å². The molecule has 2 N–H and O–H groups in total. The van der Waals surface area contributed by atoms with Crippen LogP contribution in [-0.2, 0) is 6.54 Å². The first-order valence-corrected chi connectivity index (χ1v) is 5.28. The predicted molar refractivity (Wildman–Crippen MR) is 65.2 cm³/mol. The van der Waals surface area contributed by atoms with E-state index in [1.807, 2.05) is 24.3 Å². The van der Waals surface area contributed by atoms with Crippen LogP contribution in [0.2, 0.25) is 0 Å². The molecule has 88 valence electrons. The monoisotopic (exact) mass is 230 g/mol. The average molecular weight is 230 g/mol. The molecule has 0 bridgehead atoms. The van der Waals surface area contributed by atoms with E-state index in [1.165, 1.54) is 0 Å². The van der Waals surface area contributed by atoms with Gasteiger partial charge in [0.1, 0.15) is 17.2 Å². The Morgan fingerprint density at radius 1 is 1.24 bits per heavy atom. The molecular weight excluding hydrogens is 216 g/mol. The average Bonchev–Trinajstić information content (AvgIpc) is 2.39. The summed E-state index contributed by atoms with van der Waals surface area (Å²) in [4.78, 5) is 4.01. The zero-order valence-corrected chi connectivity index (χ0v) is 9.59. The highest BCUT2D eigenvalue weighted by molar-refractivity contribution is 5.39. The molecule has 0 aliphatic carbocycles. The Bertz CT molecular complexity index is 500. The van der Waals surface area contributed by atoms with Crippen molar-refractivity contribution in [2.24, 2.45) is 5.73 Å². The summed E-state index contributed by atoms with van der Waals surface area (Å²) >= 11 is 0. The van der Waals surface area contributed by atoms with Crippen molar-refractivity contribution in [2.45, 2.75) is 6.54 Å². The Balaban J connectivity index is 2.24. The molecule has 1 aromatic heterocycles. The van der Waals surface area contributed by atoms with Crippen LogP contribution in [0.3, 0.4) is 0 Å². The molecular formula is C13H14N2O2. The minimum atomic E-state index is 0.396. The van der Waals surface area contributed by atoms with Crippen LogP contribution in [0.1, 0.15) is 5.56 Å². The van der Waals surface area contributed by atoms with Gasteiger partial charge >= 0.3 is 0 Å². The SMILES string of the molecule is COc1cccc(Oc2ccncc2CN)c1. The number of pyridine rings is 1. The summed E-state index contributed by atoms with van der Waals surface area (Å²) in [5.74, 6) is 2.19. The summed E-state index contributed by atoms with van der Waals surface area (Å²) in [6, 6.07) is 9.21. The quantitative estimate of drug-likeness (QED) is 0.875. The van der Waals surface area contributed by atoms with Crippen LogP contribution in [0.4, 0.5) is 0 Å². The van der Waals surface area contributed by atoms with Crippen LogP contribution >= 0.6 is 0 Å². The highest BCUT2D eigenvalue weighted by Crippen LogP contribution is 2.26. The molecule has 0 fully saturated rings. The number of hydrogen-bond acceptors (Lipinski definition) is 4. The maximum atomic E-state index is 5.74. The normalized spacial score (nSPS) is 10.0. The predicted octanol–water partition coefficient (Wildman–Crippen LogP) is 2.34. The first kappa shape index (κ1) is 11.4. The van der Waals surface area contributed by atoms with Gasteiger partial charge < -0.3 is 15.2 Å². The summed E-state index contributed by atoms with van der Waals surface area (Å²) < 4.78 is 10.9. The number of rotatable bonds is 4. The van der Waals surface area contributed by atoms with Crippen molar-refractivity contribution in [2.75, 3.05) is 7.11 Å². The topological polar surface area (TPSA) is 57.4 Å². The van der Waals surface area contributed by atoms with Crippen molar-refractivity contribution in [3.8, 4) is 17.2 Å². The van der Waals surface area contributed by atoms with E-state index in [9.17, 15) is 0 Å². The number of nitrogens with zero attached hydrogens (tertiary/aromatic N) is 1. The second-order valence-corrected chi connectivity index (χ2v) is 3.47. The lowest BCUT2D eigenvalue weighted by atomic mass is 10.2. The standard InChI is InChI=1S/C13H14N2O2/c1-16-11-3-2-4-12(7-11)17-13-5-6-15-9-10(13)8-14/h2-7,9H,8,14H2,1H3. The molecule has 1 heterocycles. The van der Waals surface area contributed by atoms with E-state index in [4.69, 9.17) is 15.2 Å². The van der Waals surface area contributed by atoms with Crippen molar-refractivity contribution < 1.29 is 9.47 Å². The van der Waals surface area contributed by atoms with Crippen LogP contribution in [-0.4, -0.2) is 12.1 Å². The number of benzene rings is 1. The van der Waals surface area contributed by atoms with E-state index in [-0.39, 0.29) is 0 Å². The molecule has 0 aliphatic heterocycles. The molecule has 4 heteroatoms. The minimum absolute atomic E-state index is 0.396. The van der Waals surface area contributed by atoms with Gasteiger partial charge in [0.2, 0.25) is 0 Å². The first-order chi connectivity index (χ1) is 8.33. The van der Waals surface area contributed by atoms with Gasteiger partial charge in [-0.1, -0.05) is 6.07 Å². The third kappa shape index (κ3) is 2.73. The second kappa shape index (κ2) is 5.32. The molecule has 4 nitrogen and oxygen atoms in total. The minimum Gasteiger partial charge on any atom is -0.497 e. The van der Waals surface area contributed by atoms with Gasteiger partial charge in [0.15, 0.2) is 0 Å². The maximum absolute atomic E-state index is 5.74. The summed E-state index contributed by atoms with van der Waals surface area (Å²) in [6.07, 6.45) is 3.38. The van der Waals surface area contributed by atoms with E-state index in [0.717, 1.165) is 17.1 Å². The van der Waals surface area contributed by atoms with Crippen LogP contribution in [0.5, 0.6) is 17.2 Å². The molecule has 17 heavy (non-hydrogen) atoms. The van der Waals surface area contributed by atoms with Gasteiger partial charge in [-0.15, -0.1) is 0 Å². The molecule has 0 aliphatic rings. The lowest BCUT2D eigenvalue weighted by Gasteiger charge is -2.10. The van der Waals surface area contributed by atoms with Gasteiger partial charge in [-0.2, -0.15) is 0 Å². The first-order valence-electron chi connectivity index (χ1n) is 5.28. The molecule has 0 spiro atoms. The van der Waals surface area contributed by atoms with E-state index in [0.29, 0.717) is 12.3 Å². The second-order valence-electron chi connectivity index (χ2n) is 3.47. The summed E-state index contributed by atoms with van der Waals surface area (Å²) in [5, 5.41) is 0. The van der Waals surface area contributed by atoms with Crippen LogP contribution in [0.15, 0.2) is 42.7 Å². The lowest BCUT2D eigenvalue weighted by Crippen LogP contribution is -2.00. The Kier molecular flexibility index (Phi) is 3.57. The summed E-state index contributed by atoms with van der Waals surface area (Å²) in [6.45, 7) is 0.396.